The summed E-state index contributed by atoms with van der Waals surface area (Å²) in [6.07, 6.45) is 1.47. The SMILES string of the molecule is O=S(=O)(CC1CS1)c1ncc(Oc2cccs2)s1. The highest BCUT2D eigenvalue weighted by atomic mass is 32.2. The lowest BCUT2D eigenvalue weighted by molar-refractivity contribution is 0.509. The highest BCUT2D eigenvalue weighted by Gasteiger charge is 2.31. The Morgan fingerprint density at radius 3 is 2.94 bits per heavy atom. The average molecular weight is 319 g/mol. The lowest BCUT2D eigenvalue weighted by Crippen LogP contribution is -2.10. The van der Waals surface area contributed by atoms with E-state index >= 15 is 0 Å². The van der Waals surface area contributed by atoms with Crippen LogP contribution in [0.3, 0.4) is 0 Å². The lowest BCUT2D eigenvalue weighted by atomic mass is 10.6. The van der Waals surface area contributed by atoms with Crippen molar-refractivity contribution in [2.24, 2.45) is 0 Å². The first-order chi connectivity index (χ1) is 8.63. The summed E-state index contributed by atoms with van der Waals surface area (Å²) in [6.45, 7) is 0. The van der Waals surface area contributed by atoms with Crippen LogP contribution in [0.2, 0.25) is 0 Å². The molecule has 0 amide bonds. The summed E-state index contributed by atoms with van der Waals surface area (Å²) < 4.78 is 29.6. The van der Waals surface area contributed by atoms with Crippen LogP contribution in [0, 0.1) is 0 Å². The summed E-state index contributed by atoms with van der Waals surface area (Å²) in [5.74, 6) is 1.12. The van der Waals surface area contributed by atoms with E-state index in [1.165, 1.54) is 17.5 Å². The van der Waals surface area contributed by atoms with E-state index in [1.54, 1.807) is 11.8 Å². The van der Waals surface area contributed by atoms with Crippen LogP contribution in [0.1, 0.15) is 0 Å². The van der Waals surface area contributed by atoms with Crippen LogP contribution in [0.15, 0.2) is 28.0 Å². The van der Waals surface area contributed by atoms with E-state index in [0.29, 0.717) is 5.06 Å². The third-order valence-electron chi connectivity index (χ3n) is 2.23. The van der Waals surface area contributed by atoms with E-state index in [0.717, 1.165) is 22.2 Å². The third kappa shape index (κ3) is 2.87. The zero-order valence-electron chi connectivity index (χ0n) is 9.11. The van der Waals surface area contributed by atoms with Crippen molar-refractivity contribution in [3.63, 3.8) is 0 Å². The molecule has 3 heterocycles. The number of nitrogens with zero attached hydrogens (tertiary/aromatic N) is 1. The Morgan fingerprint density at radius 1 is 1.44 bits per heavy atom. The van der Waals surface area contributed by atoms with E-state index in [9.17, 15) is 8.42 Å². The molecule has 96 valence electrons. The Kier molecular flexibility index (Phi) is 3.35. The van der Waals surface area contributed by atoms with Gasteiger partial charge in [0.25, 0.3) is 0 Å². The number of hydrogen-bond acceptors (Lipinski definition) is 7. The van der Waals surface area contributed by atoms with Crippen LogP contribution in [0.4, 0.5) is 0 Å². The van der Waals surface area contributed by atoms with E-state index in [-0.39, 0.29) is 15.3 Å². The highest BCUT2D eigenvalue weighted by Crippen LogP contribution is 2.36. The minimum atomic E-state index is -3.25. The van der Waals surface area contributed by atoms with Crippen LogP contribution in [-0.4, -0.2) is 30.2 Å². The second-order valence-corrected chi connectivity index (χ2v) is 9.16. The Bertz CT molecular complexity index is 628. The van der Waals surface area contributed by atoms with Gasteiger partial charge >= 0.3 is 0 Å². The van der Waals surface area contributed by atoms with Gasteiger partial charge in [0.1, 0.15) is 0 Å². The van der Waals surface area contributed by atoms with Gasteiger partial charge in [0, 0.05) is 11.0 Å². The Balaban J connectivity index is 1.76. The van der Waals surface area contributed by atoms with Crippen LogP contribution >= 0.6 is 34.4 Å². The van der Waals surface area contributed by atoms with Crippen LogP contribution in [0.25, 0.3) is 0 Å². The summed E-state index contributed by atoms with van der Waals surface area (Å²) in [5.41, 5.74) is 0. The molecule has 1 fully saturated rings. The summed E-state index contributed by atoms with van der Waals surface area (Å²) in [4.78, 5) is 3.95. The molecule has 0 aromatic carbocycles. The quantitative estimate of drug-likeness (QED) is 0.793. The number of sulfone groups is 1. The van der Waals surface area contributed by atoms with Gasteiger partial charge in [-0.25, -0.2) is 13.4 Å². The van der Waals surface area contributed by atoms with Crippen LogP contribution in [0.5, 0.6) is 10.1 Å². The number of thioether (sulfide) groups is 1. The first-order valence-electron chi connectivity index (χ1n) is 5.15. The molecule has 8 heteroatoms. The van der Waals surface area contributed by atoms with E-state index < -0.39 is 9.84 Å². The van der Waals surface area contributed by atoms with Crippen molar-refractivity contribution in [2.45, 2.75) is 9.59 Å². The van der Waals surface area contributed by atoms with Crippen molar-refractivity contribution in [1.82, 2.24) is 4.98 Å². The van der Waals surface area contributed by atoms with Gasteiger partial charge in [-0.3, -0.25) is 0 Å². The van der Waals surface area contributed by atoms with E-state index in [2.05, 4.69) is 4.98 Å². The molecule has 18 heavy (non-hydrogen) atoms. The molecule has 1 saturated heterocycles. The number of ether oxygens (including phenoxy) is 1. The summed E-state index contributed by atoms with van der Waals surface area (Å²) in [7, 11) is -3.25. The molecule has 0 aliphatic carbocycles. The van der Waals surface area contributed by atoms with E-state index in [1.807, 2.05) is 17.5 Å². The van der Waals surface area contributed by atoms with Crippen molar-refractivity contribution < 1.29 is 13.2 Å². The summed E-state index contributed by atoms with van der Waals surface area (Å²) >= 11 is 4.21. The molecule has 1 atom stereocenters. The molecule has 0 saturated carbocycles. The largest absolute Gasteiger partial charge is 0.434 e. The molecule has 0 N–H and O–H groups in total. The fourth-order valence-electron chi connectivity index (χ4n) is 1.34. The Hall–Kier alpha value is -0.570. The number of hydrogen-bond donors (Lipinski definition) is 0. The number of rotatable bonds is 5. The summed E-state index contributed by atoms with van der Waals surface area (Å²) in [5, 5.41) is 3.40. The summed E-state index contributed by atoms with van der Waals surface area (Å²) in [6, 6.07) is 3.71. The van der Waals surface area contributed by atoms with Gasteiger partial charge in [-0.15, -0.1) is 11.3 Å². The molecular weight excluding hydrogens is 310 g/mol. The monoisotopic (exact) mass is 319 g/mol. The Morgan fingerprint density at radius 2 is 2.28 bits per heavy atom. The second-order valence-electron chi connectivity index (χ2n) is 3.72. The van der Waals surface area contributed by atoms with Gasteiger partial charge < -0.3 is 4.74 Å². The van der Waals surface area contributed by atoms with Gasteiger partial charge in [-0.05, 0) is 17.5 Å². The minimum Gasteiger partial charge on any atom is -0.434 e. The van der Waals surface area contributed by atoms with Crippen molar-refractivity contribution >= 4 is 44.3 Å². The molecule has 4 nitrogen and oxygen atoms in total. The maximum atomic E-state index is 12.0. The zero-order valence-corrected chi connectivity index (χ0v) is 12.4. The van der Waals surface area contributed by atoms with Crippen LogP contribution in [-0.2, 0) is 9.84 Å². The minimum absolute atomic E-state index is 0.154. The van der Waals surface area contributed by atoms with Crippen molar-refractivity contribution in [3.8, 4) is 10.1 Å². The zero-order chi connectivity index (χ0) is 12.6. The molecule has 1 unspecified atom stereocenters. The van der Waals surface area contributed by atoms with Gasteiger partial charge in [0.05, 0.1) is 11.9 Å². The molecule has 1 aliphatic rings. The van der Waals surface area contributed by atoms with Crippen molar-refractivity contribution in [1.29, 1.82) is 0 Å². The fraction of sp³-hybridized carbons (Fsp3) is 0.300. The number of aromatic nitrogens is 1. The van der Waals surface area contributed by atoms with Gasteiger partial charge in [-0.1, -0.05) is 11.3 Å². The third-order valence-corrected chi connectivity index (χ3v) is 7.32. The maximum absolute atomic E-state index is 12.0. The molecule has 2 aromatic heterocycles. The van der Waals surface area contributed by atoms with Gasteiger partial charge in [0.2, 0.25) is 19.2 Å². The molecular formula is C10H9NO3S4. The lowest BCUT2D eigenvalue weighted by Gasteiger charge is -1.97. The van der Waals surface area contributed by atoms with E-state index in [4.69, 9.17) is 4.74 Å². The topological polar surface area (TPSA) is 56.3 Å². The van der Waals surface area contributed by atoms with Crippen molar-refractivity contribution in [2.75, 3.05) is 11.5 Å². The Labute approximate surface area is 117 Å². The predicted molar refractivity (Wildman–Crippen MR) is 74.8 cm³/mol. The van der Waals surface area contributed by atoms with Gasteiger partial charge in [0.15, 0.2) is 5.06 Å². The standard InChI is InChI=1S/C10H9NO3S4/c12-18(13,6-7-5-16-7)10-11-4-9(17-10)14-8-2-1-3-15-8/h1-4,7H,5-6H2. The second kappa shape index (κ2) is 4.84. The first-order valence-corrected chi connectivity index (χ1v) is 9.55. The fourth-order valence-corrected chi connectivity index (χ4v) is 5.74. The van der Waals surface area contributed by atoms with Gasteiger partial charge in [-0.2, -0.15) is 11.8 Å². The smallest absolute Gasteiger partial charge is 0.212 e. The highest BCUT2D eigenvalue weighted by molar-refractivity contribution is 8.08. The normalized spacial score (nSPS) is 18.8. The molecule has 3 rings (SSSR count). The predicted octanol–water partition coefficient (Wildman–Crippen LogP) is 2.89. The first kappa shape index (κ1) is 12.5. The molecule has 2 aromatic rings. The maximum Gasteiger partial charge on any atom is 0.212 e. The van der Waals surface area contributed by atoms with Crippen LogP contribution < -0.4 is 4.74 Å². The number of thiophene rings is 1. The molecule has 0 bridgehead atoms. The molecule has 0 spiro atoms. The number of thiazole rings is 1. The van der Waals surface area contributed by atoms with Crippen molar-refractivity contribution in [3.05, 3.63) is 23.7 Å². The average Bonchev–Trinajstić information content (AvgIpc) is 2.84. The molecule has 0 radical (unpaired) electrons. The molecule has 1 aliphatic heterocycles.